The van der Waals surface area contributed by atoms with Crippen LogP contribution in [0.3, 0.4) is 0 Å². The Morgan fingerprint density at radius 1 is 1.35 bits per heavy atom. The summed E-state index contributed by atoms with van der Waals surface area (Å²) in [6, 6.07) is 9.37. The van der Waals surface area contributed by atoms with Crippen molar-refractivity contribution < 1.29 is 9.66 Å². The molecule has 4 heteroatoms. The number of nitro groups is 1. The van der Waals surface area contributed by atoms with E-state index in [1.54, 1.807) is 18.2 Å². The topological polar surface area (TPSA) is 52.4 Å². The number of rotatable bonds is 6. The van der Waals surface area contributed by atoms with Crippen molar-refractivity contribution in [2.24, 2.45) is 0 Å². The van der Waals surface area contributed by atoms with Gasteiger partial charge in [-0.3, -0.25) is 10.1 Å². The highest BCUT2D eigenvalue weighted by Crippen LogP contribution is 2.05. The largest absolute Gasteiger partial charge is 0.335 e. The van der Waals surface area contributed by atoms with Crippen LogP contribution in [-0.4, -0.2) is 11.2 Å². The molecule has 0 N–H and O–H groups in total. The van der Waals surface area contributed by atoms with Crippen molar-refractivity contribution >= 4 is 0 Å². The van der Waals surface area contributed by atoms with E-state index >= 15 is 0 Å². The van der Waals surface area contributed by atoms with Crippen LogP contribution in [0.25, 0.3) is 0 Å². The summed E-state index contributed by atoms with van der Waals surface area (Å²) in [5, 5.41) is 10.7. The SMILES string of the molecule is CC=CC=CC(OCc1ccccc1)[N+](=O)[O-]. The fourth-order valence-electron chi connectivity index (χ4n) is 1.21. The van der Waals surface area contributed by atoms with Crippen molar-refractivity contribution in [2.45, 2.75) is 19.8 Å². The minimum absolute atomic E-state index is 0.229. The van der Waals surface area contributed by atoms with Crippen LogP contribution in [0.2, 0.25) is 0 Å². The molecule has 0 radical (unpaired) electrons. The third-order valence-electron chi connectivity index (χ3n) is 2.05. The van der Waals surface area contributed by atoms with Crippen LogP contribution in [0.1, 0.15) is 12.5 Å². The minimum atomic E-state index is -1.11. The number of benzene rings is 1. The van der Waals surface area contributed by atoms with Gasteiger partial charge < -0.3 is 4.74 Å². The molecule has 1 unspecified atom stereocenters. The van der Waals surface area contributed by atoms with Crippen molar-refractivity contribution in [2.75, 3.05) is 0 Å². The minimum Gasteiger partial charge on any atom is -0.309 e. The molecule has 17 heavy (non-hydrogen) atoms. The van der Waals surface area contributed by atoms with Crippen molar-refractivity contribution in [3.63, 3.8) is 0 Å². The average Bonchev–Trinajstić information content (AvgIpc) is 2.34. The van der Waals surface area contributed by atoms with Crippen LogP contribution >= 0.6 is 0 Å². The zero-order valence-corrected chi connectivity index (χ0v) is 9.65. The zero-order chi connectivity index (χ0) is 12.5. The molecule has 1 rings (SSSR count). The summed E-state index contributed by atoms with van der Waals surface area (Å²) >= 11 is 0. The van der Waals surface area contributed by atoms with Gasteiger partial charge >= 0.3 is 6.23 Å². The monoisotopic (exact) mass is 233 g/mol. The smallest absolute Gasteiger partial charge is 0.309 e. The molecule has 0 bridgehead atoms. The summed E-state index contributed by atoms with van der Waals surface area (Å²) in [6.45, 7) is 2.07. The van der Waals surface area contributed by atoms with E-state index in [4.69, 9.17) is 4.74 Å². The highest BCUT2D eigenvalue weighted by molar-refractivity contribution is 5.13. The first-order valence-electron chi connectivity index (χ1n) is 5.32. The van der Waals surface area contributed by atoms with Crippen LogP contribution in [0.5, 0.6) is 0 Å². The molecule has 0 aliphatic carbocycles. The second kappa shape index (κ2) is 7.35. The molecule has 0 aromatic heterocycles. The van der Waals surface area contributed by atoms with E-state index in [0.717, 1.165) is 5.56 Å². The zero-order valence-electron chi connectivity index (χ0n) is 9.65. The molecule has 0 heterocycles. The van der Waals surface area contributed by atoms with Crippen LogP contribution in [0.15, 0.2) is 54.6 Å². The molecule has 90 valence electrons. The molecule has 0 saturated carbocycles. The van der Waals surface area contributed by atoms with Crippen molar-refractivity contribution in [3.05, 3.63) is 70.3 Å². The maximum Gasteiger partial charge on any atom is 0.335 e. The Balaban J connectivity index is 2.53. The first-order valence-corrected chi connectivity index (χ1v) is 5.32. The van der Waals surface area contributed by atoms with E-state index in [-0.39, 0.29) is 6.61 Å². The Morgan fingerprint density at radius 3 is 2.65 bits per heavy atom. The second-order valence-corrected chi connectivity index (χ2v) is 3.38. The van der Waals surface area contributed by atoms with Crippen molar-refractivity contribution in [3.8, 4) is 0 Å². The van der Waals surface area contributed by atoms with Gasteiger partial charge in [0.1, 0.15) is 0 Å². The van der Waals surface area contributed by atoms with E-state index < -0.39 is 11.2 Å². The van der Waals surface area contributed by atoms with E-state index in [1.807, 2.05) is 37.3 Å². The number of allylic oxidation sites excluding steroid dienone is 3. The molecule has 1 atom stereocenters. The van der Waals surface area contributed by atoms with Gasteiger partial charge in [0, 0.05) is 6.08 Å². The lowest BCUT2D eigenvalue weighted by atomic mass is 10.2. The average molecular weight is 233 g/mol. The lowest BCUT2D eigenvalue weighted by molar-refractivity contribution is -0.562. The van der Waals surface area contributed by atoms with Gasteiger partial charge in [0.05, 0.1) is 11.5 Å². The Hall–Kier alpha value is -1.94. The molecular formula is C13H15NO3. The predicted molar refractivity (Wildman–Crippen MR) is 66.0 cm³/mol. The fraction of sp³-hybridized carbons (Fsp3) is 0.231. The third-order valence-corrected chi connectivity index (χ3v) is 2.05. The normalized spacial score (nSPS) is 13.2. The summed E-state index contributed by atoms with van der Waals surface area (Å²) in [7, 11) is 0. The van der Waals surface area contributed by atoms with Crippen LogP contribution < -0.4 is 0 Å². The molecule has 0 saturated heterocycles. The van der Waals surface area contributed by atoms with Gasteiger partial charge in [-0.15, -0.1) is 0 Å². The number of hydrogen-bond donors (Lipinski definition) is 0. The highest BCUT2D eigenvalue weighted by Gasteiger charge is 2.15. The molecule has 0 aliphatic heterocycles. The molecule has 4 nitrogen and oxygen atoms in total. The quantitative estimate of drug-likeness (QED) is 0.328. The Morgan fingerprint density at radius 2 is 2.06 bits per heavy atom. The molecule has 0 amide bonds. The summed E-state index contributed by atoms with van der Waals surface area (Å²) < 4.78 is 5.22. The van der Waals surface area contributed by atoms with E-state index in [2.05, 4.69) is 0 Å². The first-order chi connectivity index (χ1) is 8.24. The van der Waals surface area contributed by atoms with Gasteiger partial charge in [-0.05, 0) is 12.5 Å². The van der Waals surface area contributed by atoms with Gasteiger partial charge in [0.2, 0.25) is 0 Å². The van der Waals surface area contributed by atoms with Gasteiger partial charge in [-0.25, -0.2) is 0 Å². The van der Waals surface area contributed by atoms with Gasteiger partial charge in [-0.1, -0.05) is 48.6 Å². The van der Waals surface area contributed by atoms with Crippen molar-refractivity contribution in [1.82, 2.24) is 0 Å². The molecule has 0 fully saturated rings. The van der Waals surface area contributed by atoms with Crippen LogP contribution in [0, 0.1) is 10.1 Å². The Kier molecular flexibility index (Phi) is 5.68. The lowest BCUT2D eigenvalue weighted by Crippen LogP contribution is -2.20. The lowest BCUT2D eigenvalue weighted by Gasteiger charge is -2.06. The van der Waals surface area contributed by atoms with E-state index in [9.17, 15) is 10.1 Å². The van der Waals surface area contributed by atoms with Crippen LogP contribution in [-0.2, 0) is 11.3 Å². The first kappa shape index (κ1) is 13.1. The Bertz CT molecular complexity index is 398. The maximum absolute atomic E-state index is 10.7. The number of ether oxygens (including phenoxy) is 1. The number of nitrogens with zero attached hydrogens (tertiary/aromatic N) is 1. The van der Waals surface area contributed by atoms with Crippen molar-refractivity contribution in [1.29, 1.82) is 0 Å². The third kappa shape index (κ3) is 5.08. The number of hydrogen-bond acceptors (Lipinski definition) is 3. The summed E-state index contributed by atoms with van der Waals surface area (Å²) in [5.41, 5.74) is 0.916. The molecule has 1 aromatic carbocycles. The molecule has 1 aromatic rings. The summed E-state index contributed by atoms with van der Waals surface area (Å²) in [5.74, 6) is 0. The Labute approximate surface area is 100 Å². The molecule has 0 spiro atoms. The van der Waals surface area contributed by atoms with Gasteiger partial charge in [-0.2, -0.15) is 0 Å². The summed E-state index contributed by atoms with van der Waals surface area (Å²) in [4.78, 5) is 10.3. The standard InChI is InChI=1S/C13H15NO3/c1-2-3-5-10-13(14(15)16)17-11-12-8-6-4-7-9-12/h2-10,13H,11H2,1H3. The predicted octanol–water partition coefficient (Wildman–Crippen LogP) is 2.94. The molecule has 0 aliphatic rings. The highest BCUT2D eigenvalue weighted by atomic mass is 16.7. The molecular weight excluding hydrogens is 218 g/mol. The second-order valence-electron chi connectivity index (χ2n) is 3.38. The van der Waals surface area contributed by atoms with Gasteiger partial charge in [0.25, 0.3) is 0 Å². The van der Waals surface area contributed by atoms with Gasteiger partial charge in [0.15, 0.2) is 0 Å². The van der Waals surface area contributed by atoms with Crippen LogP contribution in [0.4, 0.5) is 0 Å². The van der Waals surface area contributed by atoms with E-state index in [1.165, 1.54) is 6.08 Å². The maximum atomic E-state index is 10.7. The summed E-state index contributed by atoms with van der Waals surface area (Å²) in [6.07, 6.45) is 5.44. The fourth-order valence-corrected chi connectivity index (χ4v) is 1.21. The van der Waals surface area contributed by atoms with E-state index in [0.29, 0.717) is 0 Å².